The summed E-state index contributed by atoms with van der Waals surface area (Å²) < 4.78 is 14.3. The van der Waals surface area contributed by atoms with Gasteiger partial charge in [-0.2, -0.15) is 0 Å². The van der Waals surface area contributed by atoms with Crippen molar-refractivity contribution >= 4 is 45.9 Å². The Balaban J connectivity index is 1.86. The highest BCUT2D eigenvalue weighted by molar-refractivity contribution is 6.39. The molecule has 3 heterocycles. The van der Waals surface area contributed by atoms with Gasteiger partial charge in [0, 0.05) is 32.9 Å². The zero-order valence-electron chi connectivity index (χ0n) is 14.2. The number of hydrogen-bond acceptors (Lipinski definition) is 4. The zero-order chi connectivity index (χ0) is 19.1. The van der Waals surface area contributed by atoms with Crippen LogP contribution in [0.25, 0.3) is 27.7 Å². The summed E-state index contributed by atoms with van der Waals surface area (Å²) in [6.07, 6.45) is 1.05. The molecule has 0 aliphatic heterocycles. The maximum Gasteiger partial charge on any atom is 0.129 e. The molecule has 0 fully saturated rings. The molecule has 0 amide bonds. The van der Waals surface area contributed by atoms with Gasteiger partial charge >= 0.3 is 0 Å². The Morgan fingerprint density at radius 3 is 2.52 bits per heavy atom. The standard InChI is InChI=1S/C18H11Cl2FN6/c1-8-6-13(24-9(2)23-8)25-18-16-15(12(21)7-22-18)26-17(27-16)14-10(19)4-3-5-11(14)20/h3-7H,1-2H3/q-2. The number of aryl methyl sites for hydroxylation is 2. The molecule has 9 heteroatoms. The van der Waals surface area contributed by atoms with Crippen molar-refractivity contribution in [2.75, 3.05) is 0 Å². The first kappa shape index (κ1) is 17.6. The Bertz CT molecular complexity index is 1130. The van der Waals surface area contributed by atoms with Crippen LogP contribution in [0.1, 0.15) is 11.5 Å². The van der Waals surface area contributed by atoms with Crippen LogP contribution in [0.3, 0.4) is 0 Å². The number of benzene rings is 1. The fraction of sp³-hybridized carbons (Fsp3) is 0.111. The van der Waals surface area contributed by atoms with Crippen LogP contribution in [0.15, 0.2) is 30.5 Å². The number of pyridine rings is 1. The van der Waals surface area contributed by atoms with E-state index in [2.05, 4.69) is 30.2 Å². The maximum absolute atomic E-state index is 14.3. The van der Waals surface area contributed by atoms with Gasteiger partial charge in [-0.15, -0.1) is 0 Å². The summed E-state index contributed by atoms with van der Waals surface area (Å²) in [5, 5.41) is 5.12. The SMILES string of the molecule is Cc1cc([N-]c2ncc(F)c3[n-]c(-c4c(Cl)cccc4Cl)nc23)nc(C)n1. The predicted molar refractivity (Wildman–Crippen MR) is 102 cm³/mol. The van der Waals surface area contributed by atoms with Crippen molar-refractivity contribution < 1.29 is 4.39 Å². The lowest BCUT2D eigenvalue weighted by atomic mass is 10.2. The monoisotopic (exact) mass is 400 g/mol. The average Bonchev–Trinajstić information content (AvgIpc) is 3.02. The minimum Gasteiger partial charge on any atom is -0.434 e. The van der Waals surface area contributed by atoms with Crippen LogP contribution in [-0.4, -0.2) is 19.9 Å². The Morgan fingerprint density at radius 2 is 1.81 bits per heavy atom. The third-order valence-electron chi connectivity index (χ3n) is 3.76. The Hall–Kier alpha value is -2.77. The molecule has 136 valence electrons. The maximum atomic E-state index is 14.3. The van der Waals surface area contributed by atoms with E-state index in [1.165, 1.54) is 0 Å². The zero-order valence-corrected chi connectivity index (χ0v) is 15.7. The number of nitrogens with zero attached hydrogens (tertiary/aromatic N) is 6. The van der Waals surface area contributed by atoms with E-state index in [4.69, 9.17) is 23.2 Å². The Kier molecular flexibility index (Phi) is 4.41. The smallest absolute Gasteiger partial charge is 0.129 e. The summed E-state index contributed by atoms with van der Waals surface area (Å²) in [6.45, 7) is 3.60. The summed E-state index contributed by atoms with van der Waals surface area (Å²) >= 11 is 12.4. The van der Waals surface area contributed by atoms with Crippen LogP contribution in [0.4, 0.5) is 16.0 Å². The van der Waals surface area contributed by atoms with Gasteiger partial charge in [-0.1, -0.05) is 29.3 Å². The molecule has 0 aliphatic rings. The van der Waals surface area contributed by atoms with E-state index in [9.17, 15) is 4.39 Å². The van der Waals surface area contributed by atoms with E-state index in [0.29, 0.717) is 27.3 Å². The molecule has 0 unspecified atom stereocenters. The Morgan fingerprint density at radius 1 is 1.07 bits per heavy atom. The van der Waals surface area contributed by atoms with Crippen molar-refractivity contribution in [2.45, 2.75) is 13.8 Å². The van der Waals surface area contributed by atoms with Crippen molar-refractivity contribution in [2.24, 2.45) is 0 Å². The van der Waals surface area contributed by atoms with Gasteiger partial charge in [0.05, 0.1) is 5.82 Å². The van der Waals surface area contributed by atoms with E-state index in [1.54, 1.807) is 31.2 Å². The highest BCUT2D eigenvalue weighted by atomic mass is 35.5. The van der Waals surface area contributed by atoms with Crippen LogP contribution in [0.5, 0.6) is 0 Å². The summed E-state index contributed by atoms with van der Waals surface area (Å²) in [4.78, 5) is 21.1. The lowest BCUT2D eigenvalue weighted by Gasteiger charge is -2.16. The molecule has 0 bridgehead atoms. The molecule has 0 N–H and O–H groups in total. The second-order valence-electron chi connectivity index (χ2n) is 5.80. The predicted octanol–water partition coefficient (Wildman–Crippen LogP) is 5.44. The van der Waals surface area contributed by atoms with Gasteiger partial charge in [0.2, 0.25) is 0 Å². The molecule has 0 spiro atoms. The van der Waals surface area contributed by atoms with Crippen molar-refractivity contribution in [3.8, 4) is 11.4 Å². The van der Waals surface area contributed by atoms with E-state index >= 15 is 0 Å². The number of aromatic nitrogens is 5. The van der Waals surface area contributed by atoms with E-state index in [-0.39, 0.29) is 22.7 Å². The van der Waals surface area contributed by atoms with Crippen LogP contribution >= 0.6 is 23.2 Å². The molecule has 0 atom stereocenters. The Labute approximate surface area is 163 Å². The summed E-state index contributed by atoms with van der Waals surface area (Å²) in [7, 11) is 0. The molecule has 4 aromatic rings. The van der Waals surface area contributed by atoms with E-state index in [1.807, 2.05) is 6.92 Å². The van der Waals surface area contributed by atoms with Gasteiger partial charge in [0.25, 0.3) is 0 Å². The molecular formula is C18H11Cl2FN6-2. The molecule has 6 nitrogen and oxygen atoms in total. The molecular weight excluding hydrogens is 390 g/mol. The van der Waals surface area contributed by atoms with E-state index in [0.717, 1.165) is 11.9 Å². The molecule has 0 saturated heterocycles. The number of rotatable bonds is 3. The third kappa shape index (κ3) is 3.31. The van der Waals surface area contributed by atoms with Gasteiger partial charge in [0.1, 0.15) is 5.82 Å². The molecule has 1 aromatic carbocycles. The summed E-state index contributed by atoms with van der Waals surface area (Å²) in [5.74, 6) is 0.774. The van der Waals surface area contributed by atoms with E-state index < -0.39 is 5.82 Å². The van der Waals surface area contributed by atoms with Gasteiger partial charge in [-0.3, -0.25) is 4.98 Å². The second-order valence-corrected chi connectivity index (χ2v) is 6.61. The highest BCUT2D eigenvalue weighted by Crippen LogP contribution is 2.37. The average molecular weight is 401 g/mol. The highest BCUT2D eigenvalue weighted by Gasteiger charge is 2.09. The van der Waals surface area contributed by atoms with Gasteiger partial charge in [-0.05, 0) is 55.1 Å². The first-order chi connectivity index (χ1) is 12.9. The van der Waals surface area contributed by atoms with Gasteiger partial charge < -0.3 is 25.3 Å². The van der Waals surface area contributed by atoms with Crippen LogP contribution in [0.2, 0.25) is 10.0 Å². The summed E-state index contributed by atoms with van der Waals surface area (Å²) in [5.41, 5.74) is 1.43. The van der Waals surface area contributed by atoms with Crippen molar-refractivity contribution in [1.29, 1.82) is 0 Å². The minimum absolute atomic E-state index is 0.0391. The molecule has 0 saturated carbocycles. The van der Waals surface area contributed by atoms with Gasteiger partial charge in [-0.25, -0.2) is 4.39 Å². The minimum atomic E-state index is -0.610. The van der Waals surface area contributed by atoms with Crippen LogP contribution < -0.4 is 4.98 Å². The van der Waals surface area contributed by atoms with Crippen molar-refractivity contribution in [3.05, 3.63) is 63.2 Å². The lowest BCUT2D eigenvalue weighted by molar-refractivity contribution is 0.631. The number of fused-ring (bicyclic) bond motifs is 1. The number of imidazole rings is 1. The fourth-order valence-electron chi connectivity index (χ4n) is 2.67. The molecule has 3 aromatic heterocycles. The normalized spacial score (nSPS) is 11.1. The fourth-order valence-corrected chi connectivity index (χ4v) is 3.24. The van der Waals surface area contributed by atoms with Crippen LogP contribution in [-0.2, 0) is 0 Å². The van der Waals surface area contributed by atoms with Crippen molar-refractivity contribution in [3.63, 3.8) is 0 Å². The molecule has 0 aliphatic carbocycles. The quantitative estimate of drug-likeness (QED) is 0.457. The molecule has 4 rings (SSSR count). The largest absolute Gasteiger partial charge is 0.434 e. The molecule has 27 heavy (non-hydrogen) atoms. The summed E-state index contributed by atoms with van der Waals surface area (Å²) in [6, 6.07) is 6.73. The third-order valence-corrected chi connectivity index (χ3v) is 4.39. The van der Waals surface area contributed by atoms with Gasteiger partial charge in [0.15, 0.2) is 0 Å². The molecule has 0 radical (unpaired) electrons. The second kappa shape index (κ2) is 6.75. The first-order valence-electron chi connectivity index (χ1n) is 7.89. The first-order valence-corrected chi connectivity index (χ1v) is 8.65. The lowest BCUT2D eigenvalue weighted by Crippen LogP contribution is -1.91. The topological polar surface area (TPSA) is 79.8 Å². The van der Waals surface area contributed by atoms with Crippen LogP contribution in [0, 0.1) is 19.7 Å². The number of hydrogen-bond donors (Lipinski definition) is 0. The number of halogens is 3. The van der Waals surface area contributed by atoms with Crippen molar-refractivity contribution in [1.82, 2.24) is 24.9 Å².